The summed E-state index contributed by atoms with van der Waals surface area (Å²) in [5, 5.41) is 5.94. The van der Waals surface area contributed by atoms with Crippen molar-refractivity contribution in [2.75, 3.05) is 6.54 Å². The van der Waals surface area contributed by atoms with E-state index in [9.17, 15) is 0 Å². The van der Waals surface area contributed by atoms with Crippen molar-refractivity contribution in [3.8, 4) is 0 Å². The van der Waals surface area contributed by atoms with E-state index in [0.29, 0.717) is 12.0 Å². The Morgan fingerprint density at radius 3 is 2.85 bits per heavy atom. The maximum absolute atomic E-state index is 4.28. The molecule has 26 heavy (non-hydrogen) atoms. The van der Waals surface area contributed by atoms with Crippen LogP contribution in [0.3, 0.4) is 0 Å². The lowest BCUT2D eigenvalue weighted by molar-refractivity contribution is 0.339. The summed E-state index contributed by atoms with van der Waals surface area (Å²) in [5.41, 5.74) is 5.75. The standard InChI is InChI=1S/C23H34N2S/c1-16-12-20(25-10-7-8-21-19(15-25)9-11-26-21)13-17(2)22(16)24-18(3)14-23(4,5)6/h9,11-13,16,22,24H,3,7-8,10,14-15H2,1-2,4-6H3. The Hall–Kier alpha value is -1.48. The van der Waals surface area contributed by atoms with E-state index < -0.39 is 0 Å². The molecule has 1 aromatic rings. The Morgan fingerprint density at radius 1 is 1.38 bits per heavy atom. The van der Waals surface area contributed by atoms with Crippen LogP contribution in [0.1, 0.15) is 57.9 Å². The molecule has 1 aromatic heterocycles. The number of fused-ring (bicyclic) bond motifs is 1. The third-order valence-corrected chi connectivity index (χ3v) is 6.35. The maximum Gasteiger partial charge on any atom is 0.0532 e. The van der Waals surface area contributed by atoms with E-state index in [1.807, 2.05) is 11.3 Å². The number of nitrogens with one attached hydrogen (secondary N) is 1. The fourth-order valence-corrected chi connectivity index (χ4v) is 5.11. The molecule has 2 nitrogen and oxygen atoms in total. The van der Waals surface area contributed by atoms with Gasteiger partial charge in [0.15, 0.2) is 0 Å². The summed E-state index contributed by atoms with van der Waals surface area (Å²) in [6.07, 6.45) is 8.32. The Bertz CT molecular complexity index is 717. The van der Waals surface area contributed by atoms with E-state index in [1.54, 1.807) is 4.88 Å². The van der Waals surface area contributed by atoms with Gasteiger partial charge in [-0.25, -0.2) is 0 Å². The molecular formula is C23H34N2S. The molecular weight excluding hydrogens is 336 g/mol. The van der Waals surface area contributed by atoms with Gasteiger partial charge in [-0.15, -0.1) is 11.3 Å². The summed E-state index contributed by atoms with van der Waals surface area (Å²) >= 11 is 1.92. The van der Waals surface area contributed by atoms with Crippen LogP contribution in [-0.2, 0) is 13.0 Å². The minimum Gasteiger partial charge on any atom is -0.382 e. The van der Waals surface area contributed by atoms with Gasteiger partial charge >= 0.3 is 0 Å². The summed E-state index contributed by atoms with van der Waals surface area (Å²) in [5.74, 6) is 0.469. The van der Waals surface area contributed by atoms with Gasteiger partial charge in [0.1, 0.15) is 0 Å². The predicted molar refractivity (Wildman–Crippen MR) is 114 cm³/mol. The Morgan fingerprint density at radius 2 is 2.15 bits per heavy atom. The van der Waals surface area contributed by atoms with Crippen molar-refractivity contribution in [3.05, 3.63) is 57.6 Å². The van der Waals surface area contributed by atoms with Crippen molar-refractivity contribution < 1.29 is 0 Å². The summed E-state index contributed by atoms with van der Waals surface area (Å²) < 4.78 is 0. The average Bonchev–Trinajstić information content (AvgIpc) is 2.86. The summed E-state index contributed by atoms with van der Waals surface area (Å²) in [4.78, 5) is 4.15. The van der Waals surface area contributed by atoms with Gasteiger partial charge < -0.3 is 10.2 Å². The molecule has 142 valence electrons. The number of hydrogen-bond acceptors (Lipinski definition) is 3. The highest BCUT2D eigenvalue weighted by Crippen LogP contribution is 2.31. The van der Waals surface area contributed by atoms with Crippen LogP contribution in [0.5, 0.6) is 0 Å². The predicted octanol–water partition coefficient (Wildman–Crippen LogP) is 5.88. The second kappa shape index (κ2) is 7.64. The highest BCUT2D eigenvalue weighted by Gasteiger charge is 2.26. The maximum atomic E-state index is 4.28. The van der Waals surface area contributed by atoms with Crippen molar-refractivity contribution in [3.63, 3.8) is 0 Å². The summed E-state index contributed by atoms with van der Waals surface area (Å²) in [6.45, 7) is 17.9. The topological polar surface area (TPSA) is 15.3 Å². The zero-order valence-electron chi connectivity index (χ0n) is 17.1. The first-order valence-electron chi connectivity index (χ1n) is 9.87. The fraction of sp³-hybridized carbons (Fsp3) is 0.565. The SMILES string of the molecule is C=C(CC(C)(C)C)NC1C(C)=CC(N2CCCc3sccc3C2)=CC1C. The largest absolute Gasteiger partial charge is 0.382 e. The van der Waals surface area contributed by atoms with Crippen molar-refractivity contribution in [1.29, 1.82) is 0 Å². The van der Waals surface area contributed by atoms with Crippen molar-refractivity contribution in [1.82, 2.24) is 10.2 Å². The van der Waals surface area contributed by atoms with Crippen LogP contribution < -0.4 is 5.32 Å². The van der Waals surface area contributed by atoms with Crippen LogP contribution in [0.2, 0.25) is 0 Å². The first kappa shape index (κ1) is 19.3. The molecule has 1 N–H and O–H groups in total. The van der Waals surface area contributed by atoms with Crippen molar-refractivity contribution in [2.24, 2.45) is 11.3 Å². The third-order valence-electron chi connectivity index (χ3n) is 5.32. The molecule has 0 aromatic carbocycles. The molecule has 2 unspecified atom stereocenters. The van der Waals surface area contributed by atoms with Gasteiger partial charge in [0.2, 0.25) is 0 Å². The second-order valence-corrected chi connectivity index (χ2v) is 10.2. The van der Waals surface area contributed by atoms with Gasteiger partial charge in [0, 0.05) is 35.3 Å². The van der Waals surface area contributed by atoms with Crippen molar-refractivity contribution >= 4 is 11.3 Å². The number of hydrogen-bond donors (Lipinski definition) is 1. The van der Waals surface area contributed by atoms with E-state index >= 15 is 0 Å². The Labute approximate surface area is 163 Å². The van der Waals surface area contributed by atoms with Gasteiger partial charge in [-0.05, 0) is 60.3 Å². The van der Waals surface area contributed by atoms with E-state index in [0.717, 1.165) is 25.2 Å². The molecule has 0 amide bonds. The van der Waals surface area contributed by atoms with Crippen LogP contribution in [-0.4, -0.2) is 17.5 Å². The minimum atomic E-state index is 0.269. The quantitative estimate of drug-likeness (QED) is 0.711. The smallest absolute Gasteiger partial charge is 0.0532 e. The molecule has 3 heteroatoms. The molecule has 0 saturated heterocycles. The molecule has 3 rings (SSSR count). The normalized spacial score (nSPS) is 23.7. The minimum absolute atomic E-state index is 0.269. The molecule has 2 aliphatic rings. The number of nitrogens with zero attached hydrogens (tertiary/aromatic N) is 1. The molecule has 1 aliphatic carbocycles. The molecule has 1 aliphatic heterocycles. The highest BCUT2D eigenvalue weighted by atomic mass is 32.1. The van der Waals surface area contributed by atoms with Crippen LogP contribution in [0.25, 0.3) is 0 Å². The average molecular weight is 371 g/mol. The first-order valence-corrected chi connectivity index (χ1v) is 10.8. The summed E-state index contributed by atoms with van der Waals surface area (Å²) in [6, 6.07) is 2.67. The number of allylic oxidation sites excluding steroid dienone is 2. The van der Waals surface area contributed by atoms with Gasteiger partial charge in [-0.2, -0.15) is 0 Å². The van der Waals surface area contributed by atoms with E-state index in [2.05, 4.69) is 75.0 Å². The Kier molecular flexibility index (Phi) is 5.67. The molecule has 2 atom stereocenters. The Balaban J connectivity index is 1.70. The van der Waals surface area contributed by atoms with Crippen LogP contribution in [0.4, 0.5) is 0 Å². The molecule has 0 radical (unpaired) electrons. The first-order chi connectivity index (χ1) is 12.2. The van der Waals surface area contributed by atoms with Crippen LogP contribution >= 0.6 is 11.3 Å². The van der Waals surface area contributed by atoms with Crippen LogP contribution in [0.15, 0.2) is 47.1 Å². The number of rotatable bonds is 4. The fourth-order valence-electron chi connectivity index (χ4n) is 4.17. The third kappa shape index (κ3) is 4.62. The zero-order chi connectivity index (χ0) is 18.9. The lowest BCUT2D eigenvalue weighted by Gasteiger charge is -2.35. The molecule has 0 saturated carbocycles. The summed E-state index contributed by atoms with van der Waals surface area (Å²) in [7, 11) is 0. The van der Waals surface area contributed by atoms with Crippen LogP contribution in [0, 0.1) is 11.3 Å². The molecule has 0 fully saturated rings. The van der Waals surface area contributed by atoms with E-state index in [-0.39, 0.29) is 5.41 Å². The lowest BCUT2D eigenvalue weighted by atomic mass is 9.86. The van der Waals surface area contributed by atoms with Gasteiger partial charge in [-0.3, -0.25) is 0 Å². The highest BCUT2D eigenvalue weighted by molar-refractivity contribution is 7.10. The molecule has 0 spiro atoms. The lowest BCUT2D eigenvalue weighted by Crippen LogP contribution is -2.38. The number of thiophene rings is 1. The second-order valence-electron chi connectivity index (χ2n) is 9.20. The van der Waals surface area contributed by atoms with E-state index in [4.69, 9.17) is 0 Å². The van der Waals surface area contributed by atoms with Gasteiger partial charge in [-0.1, -0.05) is 40.3 Å². The van der Waals surface area contributed by atoms with Gasteiger partial charge in [0.05, 0.1) is 6.04 Å². The number of aryl methyl sites for hydroxylation is 1. The molecule has 0 bridgehead atoms. The van der Waals surface area contributed by atoms with E-state index in [1.165, 1.54) is 29.7 Å². The molecule has 2 heterocycles. The zero-order valence-corrected chi connectivity index (χ0v) is 17.9. The van der Waals surface area contributed by atoms with Gasteiger partial charge in [0.25, 0.3) is 0 Å². The monoisotopic (exact) mass is 370 g/mol. The van der Waals surface area contributed by atoms with Crippen molar-refractivity contribution in [2.45, 2.75) is 66.5 Å².